The summed E-state index contributed by atoms with van der Waals surface area (Å²) in [6, 6.07) is 2.17. The number of rotatable bonds is 6. The first-order valence-corrected chi connectivity index (χ1v) is 8.74. The Balaban J connectivity index is 1.76. The average molecular weight is 323 g/mol. The lowest BCUT2D eigenvalue weighted by atomic mass is 10.2. The average Bonchev–Trinajstić information content (AvgIpc) is 3.20. The van der Waals surface area contributed by atoms with E-state index in [4.69, 9.17) is 14.7 Å². The second-order valence-corrected chi connectivity index (χ2v) is 6.45. The molecule has 2 fully saturated rings. The summed E-state index contributed by atoms with van der Waals surface area (Å²) in [5, 5.41) is 18.3. The van der Waals surface area contributed by atoms with Crippen LogP contribution in [-0.2, 0) is 16.0 Å². The van der Waals surface area contributed by atoms with Crippen LogP contribution in [0.2, 0.25) is 0 Å². The predicted octanol–water partition coefficient (Wildman–Crippen LogP) is 1.30. The van der Waals surface area contributed by atoms with Crippen LogP contribution in [0, 0.1) is 11.3 Å². The molecule has 0 radical (unpaired) electrons. The highest BCUT2D eigenvalue weighted by molar-refractivity contribution is 7.99. The van der Waals surface area contributed by atoms with E-state index in [1.807, 2.05) is 0 Å². The van der Waals surface area contributed by atoms with Gasteiger partial charge in [-0.15, -0.1) is 10.2 Å². The number of morpholine rings is 1. The van der Waals surface area contributed by atoms with Crippen LogP contribution in [0.1, 0.15) is 19.3 Å². The van der Waals surface area contributed by atoms with Gasteiger partial charge in [-0.2, -0.15) is 5.26 Å². The molecule has 3 rings (SSSR count). The second kappa shape index (κ2) is 7.81. The van der Waals surface area contributed by atoms with E-state index in [1.165, 1.54) is 0 Å². The molecule has 0 amide bonds. The highest BCUT2D eigenvalue weighted by Crippen LogP contribution is 2.25. The molecule has 8 heteroatoms. The van der Waals surface area contributed by atoms with Gasteiger partial charge in [-0.3, -0.25) is 4.57 Å². The van der Waals surface area contributed by atoms with Crippen molar-refractivity contribution >= 4 is 17.7 Å². The fraction of sp³-hybridized carbons (Fsp3) is 0.786. The fourth-order valence-electron chi connectivity index (χ4n) is 2.72. The molecule has 2 aliphatic rings. The second-order valence-electron chi connectivity index (χ2n) is 5.38. The van der Waals surface area contributed by atoms with Gasteiger partial charge in [0.25, 0.3) is 0 Å². The Kier molecular flexibility index (Phi) is 5.53. The van der Waals surface area contributed by atoms with Gasteiger partial charge in [0.15, 0.2) is 5.16 Å². The molecule has 0 spiro atoms. The monoisotopic (exact) mass is 323 g/mol. The first-order valence-electron chi connectivity index (χ1n) is 7.75. The molecule has 3 heterocycles. The normalized spacial score (nSPS) is 22.0. The van der Waals surface area contributed by atoms with Gasteiger partial charge in [0.1, 0.15) is 0 Å². The van der Waals surface area contributed by atoms with Crippen molar-refractivity contribution in [2.24, 2.45) is 0 Å². The Labute approximate surface area is 134 Å². The topological polar surface area (TPSA) is 76.2 Å². The number of nitriles is 1. The Morgan fingerprint density at radius 3 is 2.86 bits per heavy atom. The van der Waals surface area contributed by atoms with Gasteiger partial charge in [0, 0.05) is 31.9 Å². The van der Waals surface area contributed by atoms with Crippen molar-refractivity contribution in [3.05, 3.63) is 0 Å². The number of thioether (sulfide) groups is 1. The number of hydrogen-bond acceptors (Lipinski definition) is 7. The number of nitrogens with zero attached hydrogens (tertiary/aromatic N) is 5. The molecule has 7 nitrogen and oxygen atoms in total. The summed E-state index contributed by atoms with van der Waals surface area (Å²) in [7, 11) is 0. The summed E-state index contributed by atoms with van der Waals surface area (Å²) in [5.74, 6) is 1.64. The van der Waals surface area contributed by atoms with Gasteiger partial charge >= 0.3 is 0 Å². The van der Waals surface area contributed by atoms with E-state index < -0.39 is 0 Å². The molecule has 0 saturated carbocycles. The van der Waals surface area contributed by atoms with E-state index in [0.717, 1.165) is 69.2 Å². The summed E-state index contributed by atoms with van der Waals surface area (Å²) in [6.07, 6.45) is 2.97. The maximum Gasteiger partial charge on any atom is 0.228 e. The van der Waals surface area contributed by atoms with Crippen molar-refractivity contribution in [2.45, 2.75) is 37.1 Å². The van der Waals surface area contributed by atoms with Crippen molar-refractivity contribution in [1.29, 1.82) is 5.26 Å². The minimum absolute atomic E-state index is 0.242. The van der Waals surface area contributed by atoms with Crippen LogP contribution in [0.25, 0.3) is 0 Å². The third-order valence-corrected chi connectivity index (χ3v) is 4.81. The summed E-state index contributed by atoms with van der Waals surface area (Å²) in [6.45, 7) is 4.76. The fourth-order valence-corrected chi connectivity index (χ4v) is 3.51. The van der Waals surface area contributed by atoms with Gasteiger partial charge in [-0.1, -0.05) is 11.8 Å². The van der Waals surface area contributed by atoms with Gasteiger partial charge in [0.05, 0.1) is 31.9 Å². The van der Waals surface area contributed by atoms with Crippen LogP contribution < -0.4 is 4.90 Å². The Morgan fingerprint density at radius 2 is 2.14 bits per heavy atom. The third-order valence-electron chi connectivity index (χ3n) is 3.85. The number of anilines is 1. The van der Waals surface area contributed by atoms with Crippen molar-refractivity contribution in [2.75, 3.05) is 43.6 Å². The van der Waals surface area contributed by atoms with Gasteiger partial charge in [-0.25, -0.2) is 0 Å². The summed E-state index contributed by atoms with van der Waals surface area (Å²) < 4.78 is 13.3. The molecule has 1 atom stereocenters. The first-order chi connectivity index (χ1) is 10.9. The Morgan fingerprint density at radius 1 is 1.27 bits per heavy atom. The molecule has 0 bridgehead atoms. The lowest BCUT2D eigenvalue weighted by Crippen LogP contribution is -2.38. The Bertz CT molecular complexity index is 518. The van der Waals surface area contributed by atoms with Gasteiger partial charge in [0.2, 0.25) is 5.95 Å². The zero-order chi connectivity index (χ0) is 15.2. The standard InChI is InChI=1S/C14H21N5O2S/c15-4-2-10-22-14-17-16-13(18-5-8-20-9-6-18)19(14)11-12-3-1-7-21-12/h12H,1-3,5-11H2. The zero-order valence-electron chi connectivity index (χ0n) is 12.6. The van der Waals surface area contributed by atoms with Crippen molar-refractivity contribution in [3.8, 4) is 6.07 Å². The van der Waals surface area contributed by atoms with E-state index >= 15 is 0 Å². The van der Waals surface area contributed by atoms with Crippen LogP contribution >= 0.6 is 11.8 Å². The number of hydrogen-bond donors (Lipinski definition) is 0. The summed E-state index contributed by atoms with van der Waals surface area (Å²) in [5.41, 5.74) is 0. The maximum atomic E-state index is 8.70. The molecule has 1 aromatic heterocycles. The molecule has 120 valence electrons. The van der Waals surface area contributed by atoms with E-state index in [9.17, 15) is 0 Å². The Hall–Kier alpha value is -1.30. The summed E-state index contributed by atoms with van der Waals surface area (Å²) in [4.78, 5) is 2.22. The zero-order valence-corrected chi connectivity index (χ0v) is 13.4. The van der Waals surface area contributed by atoms with E-state index in [0.29, 0.717) is 6.42 Å². The van der Waals surface area contributed by atoms with Gasteiger partial charge < -0.3 is 14.4 Å². The largest absolute Gasteiger partial charge is 0.378 e. The smallest absolute Gasteiger partial charge is 0.228 e. The van der Waals surface area contributed by atoms with Crippen molar-refractivity contribution in [1.82, 2.24) is 14.8 Å². The third kappa shape index (κ3) is 3.72. The van der Waals surface area contributed by atoms with Crippen molar-refractivity contribution in [3.63, 3.8) is 0 Å². The highest BCUT2D eigenvalue weighted by Gasteiger charge is 2.24. The number of aromatic nitrogens is 3. The molecule has 22 heavy (non-hydrogen) atoms. The molecular weight excluding hydrogens is 302 g/mol. The molecule has 0 aromatic carbocycles. The SMILES string of the molecule is N#CCCSc1nnc(N2CCOCC2)n1CC1CCCO1. The van der Waals surface area contributed by atoms with E-state index in [-0.39, 0.29) is 6.10 Å². The molecule has 2 saturated heterocycles. The molecule has 1 unspecified atom stereocenters. The molecule has 0 aliphatic carbocycles. The first kappa shape index (κ1) is 15.6. The minimum Gasteiger partial charge on any atom is -0.378 e. The van der Waals surface area contributed by atoms with Crippen molar-refractivity contribution < 1.29 is 9.47 Å². The summed E-state index contributed by atoms with van der Waals surface area (Å²) >= 11 is 1.59. The van der Waals surface area contributed by atoms with Crippen LogP contribution in [0.3, 0.4) is 0 Å². The van der Waals surface area contributed by atoms with Gasteiger partial charge in [-0.05, 0) is 12.8 Å². The minimum atomic E-state index is 0.242. The predicted molar refractivity (Wildman–Crippen MR) is 83.0 cm³/mol. The lowest BCUT2D eigenvalue weighted by Gasteiger charge is -2.28. The van der Waals surface area contributed by atoms with Crippen LogP contribution in [-0.4, -0.2) is 59.5 Å². The maximum absolute atomic E-state index is 8.70. The highest BCUT2D eigenvalue weighted by atomic mass is 32.2. The van der Waals surface area contributed by atoms with E-state index in [2.05, 4.69) is 25.7 Å². The van der Waals surface area contributed by atoms with Crippen LogP contribution in [0.4, 0.5) is 5.95 Å². The molecule has 0 N–H and O–H groups in total. The number of ether oxygens (including phenoxy) is 2. The lowest BCUT2D eigenvalue weighted by molar-refractivity contribution is 0.0942. The molecule has 2 aliphatic heterocycles. The van der Waals surface area contributed by atoms with E-state index in [1.54, 1.807) is 11.8 Å². The molecular formula is C14H21N5O2S. The van der Waals surface area contributed by atoms with Crippen LogP contribution in [0.15, 0.2) is 5.16 Å². The van der Waals surface area contributed by atoms with Crippen LogP contribution in [0.5, 0.6) is 0 Å². The quantitative estimate of drug-likeness (QED) is 0.577. The molecule has 1 aromatic rings.